The second-order valence-corrected chi connectivity index (χ2v) is 5.70. The fourth-order valence-electron chi connectivity index (χ4n) is 1.48. The van der Waals surface area contributed by atoms with Crippen LogP contribution in [0, 0.1) is 6.92 Å². The van der Waals surface area contributed by atoms with Crippen molar-refractivity contribution in [2.75, 3.05) is 0 Å². The smallest absolute Gasteiger partial charge is 0.149 e. The van der Waals surface area contributed by atoms with Crippen LogP contribution in [0.2, 0.25) is 0 Å². The van der Waals surface area contributed by atoms with E-state index < -0.39 is 0 Å². The molecule has 1 aromatic heterocycles. The third-order valence-corrected chi connectivity index (χ3v) is 4.76. The lowest BCUT2D eigenvalue weighted by Gasteiger charge is -2.03. The first-order chi connectivity index (χ1) is 8.13. The highest BCUT2D eigenvalue weighted by atomic mass is 79.9. The summed E-state index contributed by atoms with van der Waals surface area (Å²) in [6.07, 6.45) is 0.879. The highest BCUT2D eigenvalue weighted by Crippen LogP contribution is 2.33. The molecule has 2 rings (SSSR count). The number of halogens is 1. The van der Waals surface area contributed by atoms with Gasteiger partial charge in [-0.15, -0.1) is 10.2 Å². The van der Waals surface area contributed by atoms with Crippen LogP contribution < -0.4 is 5.73 Å². The van der Waals surface area contributed by atoms with Crippen molar-refractivity contribution in [2.24, 2.45) is 5.73 Å². The number of rotatable bonds is 3. The second kappa shape index (κ2) is 5.25. The van der Waals surface area contributed by atoms with Crippen molar-refractivity contribution in [3.63, 3.8) is 0 Å². The van der Waals surface area contributed by atoms with E-state index in [0.29, 0.717) is 0 Å². The van der Waals surface area contributed by atoms with Crippen LogP contribution >= 0.6 is 27.3 Å². The topological polar surface area (TPSA) is 51.8 Å². The minimum Gasteiger partial charge on any atom is -0.322 e. The summed E-state index contributed by atoms with van der Waals surface area (Å²) in [6, 6.07) is 6.12. The number of nitrogens with zero attached hydrogens (tertiary/aromatic N) is 2. The van der Waals surface area contributed by atoms with Gasteiger partial charge in [-0.3, -0.25) is 0 Å². The molecule has 2 aromatic rings. The molecule has 0 aliphatic rings. The van der Waals surface area contributed by atoms with Gasteiger partial charge in [0.15, 0.2) is 0 Å². The van der Waals surface area contributed by atoms with Crippen LogP contribution in [0.15, 0.2) is 22.7 Å². The van der Waals surface area contributed by atoms with Crippen molar-refractivity contribution < 1.29 is 0 Å². The fraction of sp³-hybridized carbons (Fsp3) is 0.333. The molecule has 0 fully saturated rings. The monoisotopic (exact) mass is 311 g/mol. The van der Waals surface area contributed by atoms with Crippen LogP contribution in [0.3, 0.4) is 0 Å². The Morgan fingerprint density at radius 1 is 1.41 bits per heavy atom. The van der Waals surface area contributed by atoms with Gasteiger partial charge < -0.3 is 5.73 Å². The average molecular weight is 312 g/mol. The van der Waals surface area contributed by atoms with Gasteiger partial charge in [0, 0.05) is 10.0 Å². The Morgan fingerprint density at radius 2 is 2.18 bits per heavy atom. The number of aromatic nitrogens is 2. The van der Waals surface area contributed by atoms with Crippen molar-refractivity contribution in [2.45, 2.75) is 26.3 Å². The van der Waals surface area contributed by atoms with Crippen LogP contribution in [0.5, 0.6) is 0 Å². The lowest BCUT2D eigenvalue weighted by molar-refractivity contribution is 0.683. The number of nitrogens with two attached hydrogens (primary N) is 1. The van der Waals surface area contributed by atoms with Crippen LogP contribution in [0.1, 0.15) is 30.0 Å². The Morgan fingerprint density at radius 3 is 2.88 bits per heavy atom. The molecule has 1 aromatic carbocycles. The number of benzene rings is 1. The molecular formula is C12H14BrN3S. The van der Waals surface area contributed by atoms with E-state index in [0.717, 1.165) is 26.5 Å². The Hall–Kier alpha value is -0.780. The molecule has 0 radical (unpaired) electrons. The number of hydrogen-bond donors (Lipinski definition) is 1. The van der Waals surface area contributed by atoms with Crippen molar-refractivity contribution >= 4 is 27.3 Å². The maximum Gasteiger partial charge on any atom is 0.149 e. The molecule has 0 amide bonds. The standard InChI is InChI=1S/C12H14BrN3S/c1-3-9(14)12-16-15-11(17-12)8-6-4-5-7(2)10(8)13/h4-6,9H,3,14H2,1-2H3. The summed E-state index contributed by atoms with van der Waals surface area (Å²) in [5.74, 6) is 0. The maximum atomic E-state index is 5.95. The van der Waals surface area contributed by atoms with Crippen LogP contribution in [-0.2, 0) is 0 Å². The van der Waals surface area contributed by atoms with E-state index in [1.165, 1.54) is 5.56 Å². The van der Waals surface area contributed by atoms with Gasteiger partial charge in [-0.25, -0.2) is 0 Å². The Kier molecular flexibility index (Phi) is 3.91. The van der Waals surface area contributed by atoms with Gasteiger partial charge in [-0.1, -0.05) is 36.5 Å². The minimum atomic E-state index is -0.00941. The molecule has 1 atom stereocenters. The molecule has 0 bridgehead atoms. The summed E-state index contributed by atoms with van der Waals surface area (Å²) in [6.45, 7) is 4.11. The van der Waals surface area contributed by atoms with Crippen LogP contribution in [-0.4, -0.2) is 10.2 Å². The zero-order valence-corrected chi connectivity index (χ0v) is 12.2. The highest BCUT2D eigenvalue weighted by Gasteiger charge is 2.14. The van der Waals surface area contributed by atoms with Gasteiger partial charge in [0.2, 0.25) is 0 Å². The predicted molar refractivity (Wildman–Crippen MR) is 75.0 cm³/mol. The fourth-order valence-corrected chi connectivity index (χ4v) is 3.02. The lowest BCUT2D eigenvalue weighted by atomic mass is 10.1. The largest absolute Gasteiger partial charge is 0.322 e. The van der Waals surface area contributed by atoms with Crippen LogP contribution in [0.4, 0.5) is 0 Å². The summed E-state index contributed by atoms with van der Waals surface area (Å²) >= 11 is 5.15. The van der Waals surface area contributed by atoms with E-state index in [4.69, 9.17) is 5.73 Å². The van der Waals surface area contributed by atoms with E-state index in [2.05, 4.69) is 39.1 Å². The SMILES string of the molecule is CCC(N)c1nnc(-c2cccc(C)c2Br)s1. The van der Waals surface area contributed by atoms with Gasteiger partial charge >= 0.3 is 0 Å². The van der Waals surface area contributed by atoms with Gasteiger partial charge in [0.05, 0.1) is 6.04 Å². The first-order valence-corrected chi connectivity index (χ1v) is 7.09. The van der Waals surface area contributed by atoms with Crippen molar-refractivity contribution in [1.82, 2.24) is 10.2 Å². The first-order valence-electron chi connectivity index (χ1n) is 5.48. The minimum absolute atomic E-state index is 0.00941. The van der Waals surface area contributed by atoms with E-state index >= 15 is 0 Å². The Bertz CT molecular complexity index is 524. The van der Waals surface area contributed by atoms with Gasteiger partial charge in [0.1, 0.15) is 10.0 Å². The summed E-state index contributed by atoms with van der Waals surface area (Å²) in [7, 11) is 0. The van der Waals surface area contributed by atoms with Gasteiger partial charge in [0.25, 0.3) is 0 Å². The summed E-state index contributed by atoms with van der Waals surface area (Å²) in [4.78, 5) is 0. The highest BCUT2D eigenvalue weighted by molar-refractivity contribution is 9.10. The lowest BCUT2D eigenvalue weighted by Crippen LogP contribution is -2.07. The third kappa shape index (κ3) is 2.56. The summed E-state index contributed by atoms with van der Waals surface area (Å²) < 4.78 is 1.08. The van der Waals surface area contributed by atoms with Gasteiger partial charge in [-0.2, -0.15) is 0 Å². The zero-order valence-electron chi connectivity index (χ0n) is 9.77. The quantitative estimate of drug-likeness (QED) is 0.940. The molecule has 0 spiro atoms. The van der Waals surface area contributed by atoms with Crippen molar-refractivity contribution in [3.8, 4) is 10.6 Å². The van der Waals surface area contributed by atoms with E-state index in [9.17, 15) is 0 Å². The average Bonchev–Trinajstić information content (AvgIpc) is 2.81. The van der Waals surface area contributed by atoms with E-state index in [-0.39, 0.29) is 6.04 Å². The van der Waals surface area contributed by atoms with Gasteiger partial charge in [-0.05, 0) is 34.8 Å². The molecule has 2 N–H and O–H groups in total. The Labute approximate surface area is 113 Å². The molecule has 0 saturated carbocycles. The Balaban J connectivity index is 2.40. The molecule has 0 saturated heterocycles. The second-order valence-electron chi connectivity index (χ2n) is 3.90. The third-order valence-electron chi connectivity index (χ3n) is 2.62. The normalized spacial score (nSPS) is 12.7. The molecule has 17 heavy (non-hydrogen) atoms. The molecule has 1 unspecified atom stereocenters. The maximum absolute atomic E-state index is 5.95. The van der Waals surface area contributed by atoms with Crippen molar-refractivity contribution in [1.29, 1.82) is 0 Å². The van der Waals surface area contributed by atoms with Crippen LogP contribution in [0.25, 0.3) is 10.6 Å². The summed E-state index contributed by atoms with van der Waals surface area (Å²) in [5.41, 5.74) is 8.22. The molecule has 0 aliphatic carbocycles. The predicted octanol–water partition coefficient (Wildman–Crippen LogP) is 3.69. The van der Waals surface area contributed by atoms with E-state index in [1.807, 2.05) is 19.1 Å². The molecule has 5 heteroatoms. The molecule has 90 valence electrons. The molecule has 0 aliphatic heterocycles. The first kappa shape index (κ1) is 12.7. The molecule has 3 nitrogen and oxygen atoms in total. The number of hydrogen-bond acceptors (Lipinski definition) is 4. The zero-order chi connectivity index (χ0) is 12.4. The van der Waals surface area contributed by atoms with Crippen molar-refractivity contribution in [3.05, 3.63) is 33.2 Å². The molecule has 1 heterocycles. The summed E-state index contributed by atoms with van der Waals surface area (Å²) in [5, 5.41) is 10.2. The molecular weight excluding hydrogens is 298 g/mol. The number of aryl methyl sites for hydroxylation is 1. The van der Waals surface area contributed by atoms with E-state index in [1.54, 1.807) is 11.3 Å².